The number of hydrogen-bond donors (Lipinski definition) is 0. The quantitative estimate of drug-likeness (QED) is 0.814. The van der Waals surface area contributed by atoms with Crippen molar-refractivity contribution < 1.29 is 13.5 Å². The molecule has 0 saturated heterocycles. The Labute approximate surface area is 131 Å². The fourth-order valence-corrected chi connectivity index (χ4v) is 2.02. The minimum atomic E-state index is -2.88. The average molecular weight is 317 g/mol. The number of nitriles is 1. The molecule has 1 aromatic heterocycles. The van der Waals surface area contributed by atoms with Gasteiger partial charge < -0.3 is 4.74 Å². The van der Waals surface area contributed by atoms with Crippen LogP contribution in [0.3, 0.4) is 0 Å². The lowest BCUT2D eigenvalue weighted by atomic mass is 10.1. The van der Waals surface area contributed by atoms with Crippen molar-refractivity contribution in [2.24, 2.45) is 5.10 Å². The number of nitrogens with zero attached hydrogens (tertiary/aromatic N) is 3. The highest BCUT2D eigenvalue weighted by atomic mass is 19.3. The summed E-state index contributed by atoms with van der Waals surface area (Å²) in [6.45, 7) is 0.502. The average Bonchev–Trinajstić information content (AvgIpc) is 2.48. The molecule has 2 rings (SSSR count). The molecule has 0 saturated carbocycles. The van der Waals surface area contributed by atoms with E-state index in [9.17, 15) is 13.6 Å². The van der Waals surface area contributed by atoms with E-state index < -0.39 is 12.2 Å². The lowest BCUT2D eigenvalue weighted by molar-refractivity contribution is -0.0498. The molecule has 0 radical (unpaired) electrons. The molecule has 0 aliphatic heterocycles. The maximum absolute atomic E-state index is 12.2. The smallest absolute Gasteiger partial charge is 0.387 e. The number of ether oxygens (including phenoxy) is 1. The van der Waals surface area contributed by atoms with Gasteiger partial charge in [-0.05, 0) is 55.3 Å². The van der Waals surface area contributed by atoms with Gasteiger partial charge in [0, 0.05) is 5.69 Å². The third-order valence-electron chi connectivity index (χ3n) is 3.10. The number of rotatable bonds is 4. The van der Waals surface area contributed by atoms with Crippen LogP contribution < -0.4 is 10.3 Å². The Hall–Kier alpha value is -3.01. The van der Waals surface area contributed by atoms with Gasteiger partial charge in [0.1, 0.15) is 17.4 Å². The lowest BCUT2D eigenvalue weighted by Gasteiger charge is -2.06. The summed E-state index contributed by atoms with van der Waals surface area (Å²) in [4.78, 5) is 12.2. The second kappa shape index (κ2) is 6.83. The second-order valence-corrected chi connectivity index (χ2v) is 4.76. The van der Waals surface area contributed by atoms with E-state index >= 15 is 0 Å². The maximum atomic E-state index is 12.2. The summed E-state index contributed by atoms with van der Waals surface area (Å²) in [7, 11) is 0. The van der Waals surface area contributed by atoms with Crippen LogP contribution in [0.1, 0.15) is 22.4 Å². The van der Waals surface area contributed by atoms with Gasteiger partial charge in [0.2, 0.25) is 0 Å². The van der Waals surface area contributed by atoms with Crippen molar-refractivity contribution in [2.45, 2.75) is 20.5 Å². The largest absolute Gasteiger partial charge is 0.435 e. The van der Waals surface area contributed by atoms with E-state index in [2.05, 4.69) is 9.84 Å². The zero-order chi connectivity index (χ0) is 17.0. The van der Waals surface area contributed by atoms with Crippen LogP contribution in [0.5, 0.6) is 5.75 Å². The van der Waals surface area contributed by atoms with E-state index in [-0.39, 0.29) is 11.3 Å². The standard InChI is InChI=1S/C16H13F2N3O2/c1-10-7-11(2)21(15(22)14(10)8-19)20-9-12-3-5-13(6-4-12)23-16(17)18/h3-7,9,16H,1-2H3/b20-9+. The van der Waals surface area contributed by atoms with Crippen molar-refractivity contribution in [3.8, 4) is 11.8 Å². The molecule has 0 amide bonds. The Balaban J connectivity index is 2.31. The van der Waals surface area contributed by atoms with Gasteiger partial charge in [-0.25, -0.2) is 4.68 Å². The third kappa shape index (κ3) is 3.80. The highest BCUT2D eigenvalue weighted by Gasteiger charge is 2.09. The Morgan fingerprint density at radius 3 is 2.52 bits per heavy atom. The summed E-state index contributed by atoms with van der Waals surface area (Å²) in [6, 6.07) is 9.36. The number of aromatic nitrogens is 1. The molecule has 23 heavy (non-hydrogen) atoms. The normalized spacial score (nSPS) is 11.0. The Kier molecular flexibility index (Phi) is 4.86. The maximum Gasteiger partial charge on any atom is 0.387 e. The molecular weight excluding hydrogens is 304 g/mol. The van der Waals surface area contributed by atoms with Crippen LogP contribution in [0.4, 0.5) is 8.78 Å². The van der Waals surface area contributed by atoms with Crippen molar-refractivity contribution in [1.82, 2.24) is 4.68 Å². The van der Waals surface area contributed by atoms with E-state index in [0.717, 1.165) is 4.68 Å². The second-order valence-electron chi connectivity index (χ2n) is 4.76. The topological polar surface area (TPSA) is 67.4 Å². The predicted octanol–water partition coefficient (Wildman–Crippen LogP) is 2.82. The van der Waals surface area contributed by atoms with Gasteiger partial charge in [-0.1, -0.05) is 0 Å². The monoisotopic (exact) mass is 317 g/mol. The molecule has 0 unspecified atom stereocenters. The van der Waals surface area contributed by atoms with Crippen LogP contribution in [0.25, 0.3) is 0 Å². The van der Waals surface area contributed by atoms with Crippen molar-refractivity contribution >= 4 is 6.21 Å². The Bertz CT molecular complexity index is 834. The highest BCUT2D eigenvalue weighted by molar-refractivity contribution is 5.79. The molecule has 0 N–H and O–H groups in total. The first kappa shape index (κ1) is 16.4. The number of hydrogen-bond acceptors (Lipinski definition) is 4. The number of pyridine rings is 1. The molecule has 7 heteroatoms. The lowest BCUT2D eigenvalue weighted by Crippen LogP contribution is -2.22. The minimum Gasteiger partial charge on any atom is -0.435 e. The third-order valence-corrected chi connectivity index (χ3v) is 3.10. The van der Waals surface area contributed by atoms with Gasteiger partial charge in [-0.15, -0.1) is 0 Å². The van der Waals surface area contributed by atoms with Crippen molar-refractivity contribution in [3.63, 3.8) is 0 Å². The number of aryl methyl sites for hydroxylation is 2. The first-order valence-electron chi connectivity index (χ1n) is 6.65. The molecule has 1 heterocycles. The van der Waals surface area contributed by atoms with Crippen LogP contribution >= 0.6 is 0 Å². The van der Waals surface area contributed by atoms with Crippen LogP contribution in [0, 0.1) is 25.2 Å². The Morgan fingerprint density at radius 1 is 1.30 bits per heavy atom. The van der Waals surface area contributed by atoms with Gasteiger partial charge in [0.15, 0.2) is 0 Å². The molecular formula is C16H13F2N3O2. The summed E-state index contributed by atoms with van der Waals surface area (Å²) in [6.07, 6.45) is 1.40. The van der Waals surface area contributed by atoms with E-state index in [1.54, 1.807) is 19.9 Å². The highest BCUT2D eigenvalue weighted by Crippen LogP contribution is 2.14. The van der Waals surface area contributed by atoms with Gasteiger partial charge in [0.25, 0.3) is 5.56 Å². The van der Waals surface area contributed by atoms with E-state index in [1.807, 2.05) is 6.07 Å². The molecule has 0 spiro atoms. The number of halogens is 2. The molecule has 118 valence electrons. The SMILES string of the molecule is Cc1cc(C)n(/N=C/c2ccc(OC(F)F)cc2)c(=O)c1C#N. The molecule has 0 fully saturated rings. The minimum absolute atomic E-state index is 0.0348. The summed E-state index contributed by atoms with van der Waals surface area (Å²) in [5.74, 6) is 0.0348. The van der Waals surface area contributed by atoms with Crippen molar-refractivity contribution in [2.75, 3.05) is 0 Å². The molecule has 0 bridgehead atoms. The van der Waals surface area contributed by atoms with Crippen molar-refractivity contribution in [3.05, 3.63) is 63.1 Å². The summed E-state index contributed by atoms with van der Waals surface area (Å²) in [5, 5.41) is 13.1. The van der Waals surface area contributed by atoms with Crippen LogP contribution in [0.15, 0.2) is 40.2 Å². The van der Waals surface area contributed by atoms with Gasteiger partial charge in [-0.3, -0.25) is 4.79 Å². The van der Waals surface area contributed by atoms with Crippen LogP contribution in [-0.4, -0.2) is 17.5 Å². The summed E-state index contributed by atoms with van der Waals surface area (Å²) < 4.78 is 29.5. The molecule has 1 aromatic carbocycles. The molecule has 5 nitrogen and oxygen atoms in total. The first-order valence-corrected chi connectivity index (χ1v) is 6.65. The van der Waals surface area contributed by atoms with Gasteiger partial charge >= 0.3 is 6.61 Å². The predicted molar refractivity (Wildman–Crippen MR) is 81.0 cm³/mol. The number of benzene rings is 1. The van der Waals surface area contributed by atoms with E-state index in [4.69, 9.17) is 5.26 Å². The summed E-state index contributed by atoms with van der Waals surface area (Å²) >= 11 is 0. The van der Waals surface area contributed by atoms with E-state index in [1.165, 1.54) is 30.5 Å². The van der Waals surface area contributed by atoms with Gasteiger partial charge in [0.05, 0.1) is 6.21 Å². The zero-order valence-electron chi connectivity index (χ0n) is 12.5. The summed E-state index contributed by atoms with van der Waals surface area (Å²) in [5.41, 5.74) is 1.31. The molecule has 0 aliphatic rings. The number of alkyl halides is 2. The van der Waals surface area contributed by atoms with Crippen LogP contribution in [-0.2, 0) is 0 Å². The fraction of sp³-hybridized carbons (Fsp3) is 0.188. The van der Waals surface area contributed by atoms with E-state index in [0.29, 0.717) is 16.8 Å². The molecule has 0 atom stereocenters. The van der Waals surface area contributed by atoms with Gasteiger partial charge in [-0.2, -0.15) is 19.1 Å². The first-order chi connectivity index (χ1) is 10.9. The van der Waals surface area contributed by atoms with Crippen molar-refractivity contribution in [1.29, 1.82) is 5.26 Å². The molecule has 0 aliphatic carbocycles. The molecule has 2 aromatic rings. The Morgan fingerprint density at radius 2 is 1.96 bits per heavy atom. The fourth-order valence-electron chi connectivity index (χ4n) is 2.02. The zero-order valence-corrected chi connectivity index (χ0v) is 12.5. The van der Waals surface area contributed by atoms with Crippen LogP contribution in [0.2, 0.25) is 0 Å².